The van der Waals surface area contributed by atoms with E-state index in [-0.39, 0.29) is 17.6 Å². The molecule has 2 aromatic carbocycles. The molecule has 0 fully saturated rings. The molecular weight excluding hydrogens is 424 g/mol. The third kappa shape index (κ3) is 4.17. The summed E-state index contributed by atoms with van der Waals surface area (Å²) in [5.41, 5.74) is 5.64. The van der Waals surface area contributed by atoms with Crippen LogP contribution < -0.4 is 9.47 Å². The number of hydrogen-bond donors (Lipinski definition) is 1. The van der Waals surface area contributed by atoms with E-state index >= 15 is 0 Å². The molecule has 5 nitrogen and oxygen atoms in total. The Balaban J connectivity index is 1.67. The molecule has 1 unspecified atom stereocenters. The maximum absolute atomic E-state index is 13.6. The Hall–Kier alpha value is -3.05. The topological polar surface area (TPSA) is 64.2 Å². The third-order valence-corrected chi connectivity index (χ3v) is 6.17. The van der Waals surface area contributed by atoms with Crippen molar-refractivity contribution in [2.75, 3.05) is 13.7 Å². The van der Waals surface area contributed by atoms with Crippen molar-refractivity contribution in [3.8, 4) is 22.8 Å². The summed E-state index contributed by atoms with van der Waals surface area (Å²) in [7, 11) is 1.61. The number of H-pyrrole nitrogens is 1. The van der Waals surface area contributed by atoms with Crippen molar-refractivity contribution in [1.29, 1.82) is 0 Å². The van der Waals surface area contributed by atoms with E-state index in [2.05, 4.69) is 30.1 Å². The van der Waals surface area contributed by atoms with Crippen LogP contribution in [0.15, 0.2) is 48.7 Å². The lowest BCUT2D eigenvalue weighted by Crippen LogP contribution is -2.29. The minimum absolute atomic E-state index is 0.0914. The maximum Gasteiger partial charge on any atom is 0.216 e. The molecule has 2 heterocycles. The van der Waals surface area contributed by atoms with Gasteiger partial charge in [-0.15, -0.1) is 0 Å². The summed E-state index contributed by atoms with van der Waals surface area (Å²) < 4.78 is 11.3. The molecule has 1 aliphatic heterocycles. The van der Waals surface area contributed by atoms with E-state index in [1.54, 1.807) is 13.3 Å². The molecule has 1 aromatic heterocycles. The number of ether oxygens (including phenoxy) is 2. The Morgan fingerprint density at radius 2 is 2.09 bits per heavy atom. The summed E-state index contributed by atoms with van der Waals surface area (Å²) in [4.78, 5) is 13.6. The largest absolute Gasteiger partial charge is 0.493 e. The summed E-state index contributed by atoms with van der Waals surface area (Å²) in [6, 6.07) is 11.7. The lowest BCUT2D eigenvalue weighted by Gasteiger charge is -2.26. The Bertz CT molecular complexity index is 1180. The summed E-state index contributed by atoms with van der Waals surface area (Å²) in [5, 5.41) is 7.61. The van der Waals surface area contributed by atoms with Crippen LogP contribution in [0.5, 0.6) is 11.6 Å². The second-order valence-corrected chi connectivity index (χ2v) is 8.74. The Kier molecular flexibility index (Phi) is 6.38. The SMILES string of the molecule is C/C=C(/C(=O)C1COc2ccc(Cl)cc2C1)c1ccc(-c2cn[nH]c2OC)cc1C(C)C. The van der Waals surface area contributed by atoms with Gasteiger partial charge in [-0.3, -0.25) is 4.79 Å². The van der Waals surface area contributed by atoms with E-state index < -0.39 is 0 Å². The average molecular weight is 451 g/mol. The number of fused-ring (bicyclic) bond motifs is 1. The van der Waals surface area contributed by atoms with Gasteiger partial charge in [0.25, 0.3) is 0 Å². The molecule has 0 saturated carbocycles. The molecule has 0 spiro atoms. The second-order valence-electron chi connectivity index (χ2n) is 8.30. The van der Waals surface area contributed by atoms with E-state index in [4.69, 9.17) is 21.1 Å². The fourth-order valence-electron chi connectivity index (χ4n) is 4.27. The number of hydrogen-bond acceptors (Lipinski definition) is 4. The van der Waals surface area contributed by atoms with Gasteiger partial charge < -0.3 is 9.47 Å². The van der Waals surface area contributed by atoms with Crippen LogP contribution in [-0.4, -0.2) is 29.7 Å². The predicted octanol–water partition coefficient (Wildman–Crippen LogP) is 6.09. The number of ketones is 1. The number of nitrogens with one attached hydrogen (secondary N) is 1. The minimum Gasteiger partial charge on any atom is -0.493 e. The number of aromatic nitrogens is 2. The van der Waals surface area contributed by atoms with Crippen LogP contribution in [0.2, 0.25) is 5.02 Å². The van der Waals surface area contributed by atoms with Crippen LogP contribution in [0.4, 0.5) is 0 Å². The standard InChI is InChI=1S/C26H27ClN2O3/c1-5-20(25(30)18-10-17-11-19(27)7-9-24(17)32-14-18)21-8-6-16(12-22(21)15(2)3)23-13-28-29-26(23)31-4/h5-9,11-13,15,18H,10,14H2,1-4H3,(H,28,29)/b20-5+. The molecule has 6 heteroatoms. The first-order valence-electron chi connectivity index (χ1n) is 10.8. The quantitative estimate of drug-likeness (QED) is 0.462. The summed E-state index contributed by atoms with van der Waals surface area (Å²) >= 11 is 6.16. The molecule has 3 aromatic rings. The number of carbonyl (C=O) groups is 1. The lowest BCUT2D eigenvalue weighted by atomic mass is 9.83. The van der Waals surface area contributed by atoms with Crippen molar-refractivity contribution in [1.82, 2.24) is 10.2 Å². The molecule has 1 aliphatic rings. The summed E-state index contributed by atoms with van der Waals surface area (Å²) in [6.45, 7) is 6.55. The molecule has 0 amide bonds. The average Bonchev–Trinajstić information content (AvgIpc) is 3.28. The van der Waals surface area contributed by atoms with Crippen molar-refractivity contribution in [3.63, 3.8) is 0 Å². The molecule has 4 rings (SSSR count). The first-order chi connectivity index (χ1) is 15.4. The van der Waals surface area contributed by atoms with Crippen LogP contribution in [-0.2, 0) is 11.2 Å². The molecule has 1 atom stereocenters. The number of nitrogens with zero attached hydrogens (tertiary/aromatic N) is 1. The molecule has 0 saturated heterocycles. The zero-order chi connectivity index (χ0) is 22.8. The van der Waals surface area contributed by atoms with Crippen molar-refractivity contribution in [2.24, 2.45) is 5.92 Å². The second kappa shape index (κ2) is 9.21. The van der Waals surface area contributed by atoms with Gasteiger partial charge in [0, 0.05) is 10.6 Å². The van der Waals surface area contributed by atoms with E-state index in [9.17, 15) is 4.79 Å². The third-order valence-electron chi connectivity index (χ3n) is 5.94. The maximum atomic E-state index is 13.6. The highest BCUT2D eigenvalue weighted by atomic mass is 35.5. The van der Waals surface area contributed by atoms with Gasteiger partial charge in [0.2, 0.25) is 5.88 Å². The van der Waals surface area contributed by atoms with Gasteiger partial charge in [0.05, 0.1) is 31.4 Å². The number of Topliss-reactive ketones (excluding diaryl/α,β-unsaturated/α-hetero) is 1. The molecule has 0 radical (unpaired) electrons. The van der Waals surface area contributed by atoms with Gasteiger partial charge in [-0.25, -0.2) is 5.10 Å². The van der Waals surface area contributed by atoms with E-state index in [1.165, 1.54) is 0 Å². The molecule has 166 valence electrons. The molecule has 0 bridgehead atoms. The first-order valence-corrected chi connectivity index (χ1v) is 11.1. The predicted molar refractivity (Wildman–Crippen MR) is 127 cm³/mol. The van der Waals surface area contributed by atoms with Crippen molar-refractivity contribution >= 4 is 23.0 Å². The van der Waals surface area contributed by atoms with Crippen molar-refractivity contribution in [2.45, 2.75) is 33.1 Å². The first kappa shape index (κ1) is 22.2. The highest BCUT2D eigenvalue weighted by Crippen LogP contribution is 2.37. The van der Waals surface area contributed by atoms with Gasteiger partial charge in [-0.1, -0.05) is 49.7 Å². The summed E-state index contributed by atoms with van der Waals surface area (Å²) in [6.07, 6.45) is 4.28. The zero-order valence-electron chi connectivity index (χ0n) is 18.7. The lowest BCUT2D eigenvalue weighted by molar-refractivity contribution is -0.118. The van der Waals surface area contributed by atoms with Crippen LogP contribution in [0, 0.1) is 5.92 Å². The van der Waals surface area contributed by atoms with Gasteiger partial charge in [-0.05, 0) is 59.7 Å². The van der Waals surface area contributed by atoms with Crippen LogP contribution in [0.3, 0.4) is 0 Å². The van der Waals surface area contributed by atoms with Gasteiger partial charge in [0.15, 0.2) is 5.78 Å². The number of carbonyl (C=O) groups excluding carboxylic acids is 1. The van der Waals surface area contributed by atoms with Crippen LogP contribution in [0.1, 0.15) is 43.4 Å². The highest BCUT2D eigenvalue weighted by Gasteiger charge is 2.30. The van der Waals surface area contributed by atoms with E-state index in [0.29, 0.717) is 23.9 Å². The molecular formula is C26H27ClN2O3. The smallest absolute Gasteiger partial charge is 0.216 e. The molecule has 0 aliphatic carbocycles. The number of rotatable bonds is 6. The normalized spacial score (nSPS) is 15.9. The Morgan fingerprint density at radius 3 is 2.81 bits per heavy atom. The van der Waals surface area contributed by atoms with Gasteiger partial charge >= 0.3 is 0 Å². The number of allylic oxidation sites excluding steroid dienone is 2. The fraction of sp³-hybridized carbons (Fsp3) is 0.308. The van der Waals surface area contributed by atoms with Gasteiger partial charge in [-0.2, -0.15) is 5.10 Å². The Labute approximate surface area is 193 Å². The number of aromatic amines is 1. The number of methoxy groups -OCH3 is 1. The minimum atomic E-state index is -0.249. The zero-order valence-corrected chi connectivity index (χ0v) is 19.5. The summed E-state index contributed by atoms with van der Waals surface area (Å²) in [5.74, 6) is 1.50. The van der Waals surface area contributed by atoms with Crippen molar-refractivity contribution in [3.05, 3.63) is 70.4 Å². The molecule has 1 N–H and O–H groups in total. The van der Waals surface area contributed by atoms with Crippen molar-refractivity contribution < 1.29 is 14.3 Å². The van der Waals surface area contributed by atoms with Crippen LogP contribution in [0.25, 0.3) is 16.7 Å². The highest BCUT2D eigenvalue weighted by molar-refractivity contribution is 6.30. The molecule has 32 heavy (non-hydrogen) atoms. The fourth-order valence-corrected chi connectivity index (χ4v) is 4.47. The Morgan fingerprint density at radius 1 is 1.28 bits per heavy atom. The number of benzene rings is 2. The monoisotopic (exact) mass is 450 g/mol. The van der Waals surface area contributed by atoms with E-state index in [0.717, 1.165) is 39.1 Å². The van der Waals surface area contributed by atoms with Gasteiger partial charge in [0.1, 0.15) is 5.75 Å². The van der Waals surface area contributed by atoms with E-state index in [1.807, 2.05) is 43.3 Å². The van der Waals surface area contributed by atoms with Crippen LogP contribution >= 0.6 is 11.6 Å². The number of halogens is 1.